The Morgan fingerprint density at radius 3 is 2.61 bits per heavy atom. The molecule has 0 heterocycles. The molecule has 1 unspecified atom stereocenters. The molecule has 102 valence electrons. The molecular weight excluding hydrogens is 246 g/mol. The molecule has 1 N–H and O–H groups in total. The van der Waals surface area contributed by atoms with Crippen molar-refractivity contribution < 1.29 is 5.11 Å². The van der Waals surface area contributed by atoms with E-state index in [4.69, 9.17) is 16.7 Å². The smallest absolute Gasteiger partial charge is 0.0431 e. The maximum Gasteiger partial charge on any atom is 0.0431 e. The minimum atomic E-state index is 0.314. The molecule has 18 heavy (non-hydrogen) atoms. The second-order valence-corrected chi connectivity index (χ2v) is 5.29. The molecule has 1 rings (SSSR count). The molecule has 0 spiro atoms. The molecule has 1 aromatic carbocycles. The first-order valence-electron chi connectivity index (χ1n) is 6.71. The predicted molar refractivity (Wildman–Crippen MR) is 78.1 cm³/mol. The van der Waals surface area contributed by atoms with Gasteiger partial charge in [-0.1, -0.05) is 36.6 Å². The van der Waals surface area contributed by atoms with Crippen molar-refractivity contribution in [3.05, 3.63) is 34.9 Å². The van der Waals surface area contributed by atoms with Crippen molar-refractivity contribution in [3.63, 3.8) is 0 Å². The maximum atomic E-state index is 8.71. The Balaban J connectivity index is 2.34. The van der Waals surface area contributed by atoms with E-state index in [1.54, 1.807) is 0 Å². The molecule has 0 radical (unpaired) electrons. The molecule has 1 atom stereocenters. The number of aliphatic hydroxyl groups is 1. The van der Waals surface area contributed by atoms with Gasteiger partial charge in [0.15, 0.2) is 0 Å². The predicted octanol–water partition coefficient (Wildman–Crippen LogP) is 3.89. The second kappa shape index (κ2) is 8.52. The van der Waals surface area contributed by atoms with Gasteiger partial charge in [-0.2, -0.15) is 0 Å². The third-order valence-corrected chi connectivity index (χ3v) is 3.65. The Morgan fingerprint density at radius 1 is 1.22 bits per heavy atom. The molecule has 1 aromatic rings. The summed E-state index contributed by atoms with van der Waals surface area (Å²) in [6.45, 7) is 3.60. The molecule has 0 aliphatic rings. The quantitative estimate of drug-likeness (QED) is 0.724. The van der Waals surface area contributed by atoms with Crippen LogP contribution >= 0.6 is 11.6 Å². The average molecular weight is 270 g/mol. The average Bonchev–Trinajstić information content (AvgIpc) is 2.37. The van der Waals surface area contributed by atoms with Crippen LogP contribution in [-0.2, 0) is 0 Å². The minimum absolute atomic E-state index is 0.314. The van der Waals surface area contributed by atoms with Crippen LogP contribution in [0.25, 0.3) is 0 Å². The lowest BCUT2D eigenvalue weighted by atomic mass is 10.1. The van der Waals surface area contributed by atoms with Crippen LogP contribution < -0.4 is 0 Å². The van der Waals surface area contributed by atoms with E-state index >= 15 is 0 Å². The van der Waals surface area contributed by atoms with E-state index in [1.165, 1.54) is 18.4 Å². The monoisotopic (exact) mass is 269 g/mol. The molecule has 0 amide bonds. The van der Waals surface area contributed by atoms with Crippen molar-refractivity contribution in [1.82, 2.24) is 4.90 Å². The maximum absolute atomic E-state index is 8.71. The summed E-state index contributed by atoms with van der Waals surface area (Å²) in [4.78, 5) is 2.35. The van der Waals surface area contributed by atoms with E-state index in [-0.39, 0.29) is 0 Å². The molecular formula is C15H24ClNO. The lowest BCUT2D eigenvalue weighted by molar-refractivity contribution is 0.250. The summed E-state index contributed by atoms with van der Waals surface area (Å²) < 4.78 is 0. The summed E-state index contributed by atoms with van der Waals surface area (Å²) in [6.07, 6.45) is 4.41. The van der Waals surface area contributed by atoms with Crippen LogP contribution in [0.3, 0.4) is 0 Å². The zero-order valence-electron chi connectivity index (χ0n) is 11.4. The molecule has 0 saturated heterocycles. The third-order valence-electron chi connectivity index (χ3n) is 3.41. The fourth-order valence-electron chi connectivity index (χ4n) is 2.04. The summed E-state index contributed by atoms with van der Waals surface area (Å²) in [5, 5.41) is 9.52. The van der Waals surface area contributed by atoms with Crippen LogP contribution in [-0.4, -0.2) is 30.2 Å². The van der Waals surface area contributed by atoms with Crippen molar-refractivity contribution in [1.29, 1.82) is 0 Å². The van der Waals surface area contributed by atoms with Gasteiger partial charge >= 0.3 is 0 Å². The first-order valence-corrected chi connectivity index (χ1v) is 7.09. The standard InChI is InChI=1S/C15H24ClNO/c1-13(14-8-7-9-15(16)12-14)17(2)10-5-3-4-6-11-18/h7-9,12-13,18H,3-6,10-11H2,1-2H3. The Labute approximate surface area is 116 Å². The highest BCUT2D eigenvalue weighted by Gasteiger charge is 2.11. The van der Waals surface area contributed by atoms with Gasteiger partial charge < -0.3 is 5.11 Å². The zero-order chi connectivity index (χ0) is 13.4. The van der Waals surface area contributed by atoms with Gasteiger partial charge in [0.25, 0.3) is 0 Å². The van der Waals surface area contributed by atoms with E-state index in [0.29, 0.717) is 12.6 Å². The number of benzene rings is 1. The van der Waals surface area contributed by atoms with Crippen LogP contribution in [0.4, 0.5) is 0 Å². The summed E-state index contributed by atoms with van der Waals surface area (Å²) in [5.74, 6) is 0. The summed E-state index contributed by atoms with van der Waals surface area (Å²) in [6, 6.07) is 8.46. The van der Waals surface area contributed by atoms with Gasteiger partial charge in [0.2, 0.25) is 0 Å². The highest BCUT2D eigenvalue weighted by atomic mass is 35.5. The first kappa shape index (κ1) is 15.5. The van der Waals surface area contributed by atoms with Crippen molar-refractivity contribution >= 4 is 11.6 Å². The largest absolute Gasteiger partial charge is 0.396 e. The van der Waals surface area contributed by atoms with Gasteiger partial charge in [-0.3, -0.25) is 4.90 Å². The second-order valence-electron chi connectivity index (χ2n) is 4.85. The van der Waals surface area contributed by atoms with Crippen molar-refractivity contribution in [2.24, 2.45) is 0 Å². The molecule has 0 aliphatic carbocycles. The molecule has 0 bridgehead atoms. The minimum Gasteiger partial charge on any atom is -0.396 e. The molecule has 0 aliphatic heterocycles. The van der Waals surface area contributed by atoms with Gasteiger partial charge in [-0.25, -0.2) is 0 Å². The zero-order valence-corrected chi connectivity index (χ0v) is 12.2. The van der Waals surface area contributed by atoms with Gasteiger partial charge in [-0.15, -0.1) is 0 Å². The number of unbranched alkanes of at least 4 members (excludes halogenated alkanes) is 3. The number of halogens is 1. The van der Waals surface area contributed by atoms with E-state index in [0.717, 1.165) is 24.4 Å². The van der Waals surface area contributed by atoms with Gasteiger partial charge in [0.1, 0.15) is 0 Å². The lowest BCUT2D eigenvalue weighted by Crippen LogP contribution is -2.23. The number of aliphatic hydroxyl groups excluding tert-OH is 1. The normalized spacial score (nSPS) is 12.9. The molecule has 2 nitrogen and oxygen atoms in total. The molecule has 0 aromatic heterocycles. The van der Waals surface area contributed by atoms with Crippen molar-refractivity contribution in [2.45, 2.75) is 38.6 Å². The van der Waals surface area contributed by atoms with Crippen molar-refractivity contribution in [3.8, 4) is 0 Å². The van der Waals surface area contributed by atoms with Gasteiger partial charge in [-0.05, 0) is 51.1 Å². The Kier molecular flexibility index (Phi) is 7.33. The van der Waals surface area contributed by atoms with Crippen LogP contribution in [0.5, 0.6) is 0 Å². The topological polar surface area (TPSA) is 23.5 Å². The van der Waals surface area contributed by atoms with E-state index in [2.05, 4.69) is 24.9 Å². The SMILES string of the molecule is CC(c1cccc(Cl)c1)N(C)CCCCCCO. The Bertz CT molecular complexity index is 343. The molecule has 0 fully saturated rings. The third kappa shape index (κ3) is 5.38. The highest BCUT2D eigenvalue weighted by Crippen LogP contribution is 2.22. The fraction of sp³-hybridized carbons (Fsp3) is 0.600. The van der Waals surface area contributed by atoms with Crippen molar-refractivity contribution in [2.75, 3.05) is 20.2 Å². The number of hydrogen-bond acceptors (Lipinski definition) is 2. The number of nitrogens with zero attached hydrogens (tertiary/aromatic N) is 1. The summed E-state index contributed by atoms with van der Waals surface area (Å²) in [7, 11) is 2.15. The Hall–Kier alpha value is -0.570. The first-order chi connectivity index (χ1) is 8.65. The van der Waals surface area contributed by atoms with Gasteiger partial charge in [0, 0.05) is 17.7 Å². The summed E-state index contributed by atoms with van der Waals surface area (Å²) >= 11 is 6.01. The Morgan fingerprint density at radius 2 is 1.94 bits per heavy atom. The van der Waals surface area contributed by atoms with Crippen LogP contribution in [0.1, 0.15) is 44.2 Å². The van der Waals surface area contributed by atoms with Crippen LogP contribution in [0.2, 0.25) is 5.02 Å². The summed E-state index contributed by atoms with van der Waals surface area (Å²) in [5.41, 5.74) is 1.26. The van der Waals surface area contributed by atoms with E-state index in [9.17, 15) is 0 Å². The molecule has 0 saturated carbocycles. The van der Waals surface area contributed by atoms with Crippen LogP contribution in [0, 0.1) is 0 Å². The van der Waals surface area contributed by atoms with E-state index in [1.807, 2.05) is 18.2 Å². The van der Waals surface area contributed by atoms with Gasteiger partial charge in [0.05, 0.1) is 0 Å². The fourth-order valence-corrected chi connectivity index (χ4v) is 2.24. The molecule has 3 heteroatoms. The number of hydrogen-bond donors (Lipinski definition) is 1. The number of rotatable bonds is 8. The highest BCUT2D eigenvalue weighted by molar-refractivity contribution is 6.30. The van der Waals surface area contributed by atoms with E-state index < -0.39 is 0 Å². The van der Waals surface area contributed by atoms with Crippen LogP contribution in [0.15, 0.2) is 24.3 Å². The lowest BCUT2D eigenvalue weighted by Gasteiger charge is -2.25.